The number of rotatable bonds is 3. The van der Waals surface area contributed by atoms with Gasteiger partial charge in [0.25, 0.3) is 0 Å². The first kappa shape index (κ1) is 15.8. The summed E-state index contributed by atoms with van der Waals surface area (Å²) in [5, 5.41) is 0. The minimum absolute atomic E-state index is 0.0762. The monoisotopic (exact) mass is 363 g/mol. The van der Waals surface area contributed by atoms with Crippen molar-refractivity contribution in [3.05, 3.63) is 63.1 Å². The van der Waals surface area contributed by atoms with Gasteiger partial charge in [-0.15, -0.1) is 0 Å². The van der Waals surface area contributed by atoms with Gasteiger partial charge in [-0.25, -0.2) is 17.6 Å². The van der Waals surface area contributed by atoms with Crippen LogP contribution in [0, 0.1) is 23.3 Å². The Balaban J connectivity index is 2.57. The molecule has 2 N–H and O–H groups in total. The Kier molecular flexibility index (Phi) is 4.53. The molecule has 0 radical (unpaired) electrons. The van der Waals surface area contributed by atoms with E-state index in [1.807, 2.05) is 0 Å². The third-order valence-electron chi connectivity index (χ3n) is 3.01. The van der Waals surface area contributed by atoms with Gasteiger partial charge in [-0.2, -0.15) is 0 Å². The molecular weight excluding hydrogens is 354 g/mol. The summed E-state index contributed by atoms with van der Waals surface area (Å²) < 4.78 is 58.6. The molecule has 0 bridgehead atoms. The van der Waals surface area contributed by atoms with E-state index in [2.05, 4.69) is 15.9 Å². The third kappa shape index (κ3) is 2.89. The van der Waals surface area contributed by atoms with Gasteiger partial charge in [-0.05, 0) is 28.1 Å². The van der Waals surface area contributed by atoms with Crippen LogP contribution >= 0.6 is 15.9 Å². The average molecular weight is 364 g/mol. The number of ether oxygens (including phenoxy) is 1. The fourth-order valence-electron chi connectivity index (χ4n) is 1.91. The molecule has 2 aromatic rings. The van der Waals surface area contributed by atoms with E-state index in [1.165, 1.54) is 13.2 Å². The van der Waals surface area contributed by atoms with Gasteiger partial charge in [-0.1, -0.05) is 6.07 Å². The van der Waals surface area contributed by atoms with Gasteiger partial charge in [0.15, 0.2) is 17.5 Å². The number of methoxy groups -OCH3 is 1. The standard InChI is InChI=1S/C14H10BrF4NO/c1-21-11-5-10(17)8(15)4-7(11)14(20)6-2-3-9(16)13(19)12(6)18/h2-5,14H,20H2,1H3. The highest BCUT2D eigenvalue weighted by atomic mass is 79.9. The fourth-order valence-corrected chi connectivity index (χ4v) is 2.27. The van der Waals surface area contributed by atoms with Crippen molar-refractivity contribution in [1.82, 2.24) is 0 Å². The zero-order valence-corrected chi connectivity index (χ0v) is 12.3. The first-order valence-electron chi connectivity index (χ1n) is 5.78. The van der Waals surface area contributed by atoms with E-state index in [-0.39, 0.29) is 21.3 Å². The molecule has 0 aliphatic heterocycles. The molecule has 2 aromatic carbocycles. The van der Waals surface area contributed by atoms with Gasteiger partial charge in [0.1, 0.15) is 11.6 Å². The third-order valence-corrected chi connectivity index (χ3v) is 3.62. The number of benzene rings is 2. The van der Waals surface area contributed by atoms with Crippen LogP contribution in [0.5, 0.6) is 5.75 Å². The summed E-state index contributed by atoms with van der Waals surface area (Å²) in [6, 6.07) is 3.04. The lowest BCUT2D eigenvalue weighted by atomic mass is 9.98. The number of halogens is 5. The summed E-state index contributed by atoms with van der Waals surface area (Å²) in [6.45, 7) is 0. The van der Waals surface area contributed by atoms with Crippen molar-refractivity contribution in [2.24, 2.45) is 5.73 Å². The minimum atomic E-state index is -1.61. The predicted molar refractivity (Wildman–Crippen MR) is 73.0 cm³/mol. The zero-order chi connectivity index (χ0) is 15.7. The van der Waals surface area contributed by atoms with Crippen molar-refractivity contribution in [2.45, 2.75) is 6.04 Å². The Morgan fingerprint density at radius 2 is 1.67 bits per heavy atom. The van der Waals surface area contributed by atoms with Crippen molar-refractivity contribution in [3.8, 4) is 5.75 Å². The average Bonchev–Trinajstić information content (AvgIpc) is 2.46. The van der Waals surface area contributed by atoms with Crippen LogP contribution < -0.4 is 10.5 Å². The second-order valence-electron chi connectivity index (χ2n) is 4.25. The summed E-state index contributed by atoms with van der Waals surface area (Å²) in [4.78, 5) is 0. The quantitative estimate of drug-likeness (QED) is 0.659. The number of hydrogen-bond donors (Lipinski definition) is 1. The summed E-state index contributed by atoms with van der Waals surface area (Å²) in [5.74, 6) is -4.82. The Bertz CT molecular complexity index is 693. The van der Waals surface area contributed by atoms with Crippen molar-refractivity contribution < 1.29 is 22.3 Å². The Labute approximate surface area is 126 Å². The molecule has 0 fully saturated rings. The molecule has 2 nitrogen and oxygen atoms in total. The maximum atomic E-state index is 13.8. The summed E-state index contributed by atoms with van der Waals surface area (Å²) >= 11 is 2.98. The Morgan fingerprint density at radius 1 is 1.00 bits per heavy atom. The van der Waals surface area contributed by atoms with Crippen LogP contribution in [0.4, 0.5) is 17.6 Å². The highest BCUT2D eigenvalue weighted by molar-refractivity contribution is 9.10. The lowest BCUT2D eigenvalue weighted by Gasteiger charge is -2.18. The van der Waals surface area contributed by atoms with Gasteiger partial charge >= 0.3 is 0 Å². The van der Waals surface area contributed by atoms with Crippen LogP contribution in [0.25, 0.3) is 0 Å². The molecule has 0 amide bonds. The highest BCUT2D eigenvalue weighted by Gasteiger charge is 2.23. The molecule has 2 rings (SSSR count). The molecule has 7 heteroatoms. The topological polar surface area (TPSA) is 35.2 Å². The molecule has 0 aliphatic rings. The van der Waals surface area contributed by atoms with Crippen LogP contribution in [-0.4, -0.2) is 7.11 Å². The van der Waals surface area contributed by atoms with Crippen molar-refractivity contribution in [1.29, 1.82) is 0 Å². The van der Waals surface area contributed by atoms with Gasteiger partial charge in [-0.3, -0.25) is 0 Å². The van der Waals surface area contributed by atoms with E-state index < -0.39 is 29.3 Å². The second-order valence-corrected chi connectivity index (χ2v) is 5.10. The minimum Gasteiger partial charge on any atom is -0.496 e. The molecular formula is C14H10BrF4NO. The van der Waals surface area contributed by atoms with Gasteiger partial charge in [0.2, 0.25) is 0 Å². The van der Waals surface area contributed by atoms with Gasteiger partial charge in [0.05, 0.1) is 17.6 Å². The summed E-state index contributed by atoms with van der Waals surface area (Å²) in [6.07, 6.45) is 0. The highest BCUT2D eigenvalue weighted by Crippen LogP contribution is 2.34. The Morgan fingerprint density at radius 3 is 2.29 bits per heavy atom. The number of nitrogens with two attached hydrogens (primary N) is 1. The van der Waals surface area contributed by atoms with E-state index >= 15 is 0 Å². The smallest absolute Gasteiger partial charge is 0.194 e. The lowest BCUT2D eigenvalue weighted by molar-refractivity contribution is 0.402. The van der Waals surface area contributed by atoms with Gasteiger partial charge < -0.3 is 10.5 Å². The molecule has 0 aliphatic carbocycles. The van der Waals surface area contributed by atoms with Crippen molar-refractivity contribution in [3.63, 3.8) is 0 Å². The van der Waals surface area contributed by atoms with Crippen LogP contribution in [0.2, 0.25) is 0 Å². The molecule has 0 saturated carbocycles. The molecule has 112 valence electrons. The molecule has 1 unspecified atom stereocenters. The second kappa shape index (κ2) is 6.03. The number of hydrogen-bond acceptors (Lipinski definition) is 2. The normalized spacial score (nSPS) is 12.3. The maximum Gasteiger partial charge on any atom is 0.194 e. The first-order valence-corrected chi connectivity index (χ1v) is 6.58. The van der Waals surface area contributed by atoms with Crippen LogP contribution in [0.3, 0.4) is 0 Å². The molecule has 0 spiro atoms. The maximum absolute atomic E-state index is 13.8. The van der Waals surface area contributed by atoms with E-state index in [9.17, 15) is 17.6 Å². The van der Waals surface area contributed by atoms with E-state index in [4.69, 9.17) is 10.5 Å². The summed E-state index contributed by atoms with van der Waals surface area (Å²) in [5.41, 5.74) is 5.85. The lowest BCUT2D eigenvalue weighted by Crippen LogP contribution is -2.16. The van der Waals surface area contributed by atoms with Crippen LogP contribution in [-0.2, 0) is 0 Å². The first-order chi connectivity index (χ1) is 9.86. The van der Waals surface area contributed by atoms with E-state index in [0.29, 0.717) is 0 Å². The van der Waals surface area contributed by atoms with E-state index in [0.717, 1.165) is 18.2 Å². The molecule has 0 saturated heterocycles. The van der Waals surface area contributed by atoms with E-state index in [1.54, 1.807) is 0 Å². The van der Waals surface area contributed by atoms with Crippen molar-refractivity contribution >= 4 is 15.9 Å². The Hall–Kier alpha value is -1.60. The molecule has 21 heavy (non-hydrogen) atoms. The van der Waals surface area contributed by atoms with Crippen LogP contribution in [0.15, 0.2) is 28.7 Å². The zero-order valence-electron chi connectivity index (χ0n) is 10.8. The van der Waals surface area contributed by atoms with Crippen LogP contribution in [0.1, 0.15) is 17.2 Å². The molecule has 1 atom stereocenters. The fraction of sp³-hybridized carbons (Fsp3) is 0.143. The molecule has 0 heterocycles. The van der Waals surface area contributed by atoms with Crippen molar-refractivity contribution in [2.75, 3.05) is 7.11 Å². The molecule has 0 aromatic heterocycles. The largest absolute Gasteiger partial charge is 0.496 e. The van der Waals surface area contributed by atoms with Gasteiger partial charge in [0, 0.05) is 17.2 Å². The SMILES string of the molecule is COc1cc(F)c(Br)cc1C(N)c1ccc(F)c(F)c1F. The summed E-state index contributed by atoms with van der Waals surface area (Å²) in [7, 11) is 1.29. The predicted octanol–water partition coefficient (Wildman–Crippen LogP) is 4.06.